The van der Waals surface area contributed by atoms with Gasteiger partial charge in [0.25, 0.3) is 5.91 Å². The Hall–Kier alpha value is -2.76. The van der Waals surface area contributed by atoms with Gasteiger partial charge in [0.1, 0.15) is 6.04 Å². The van der Waals surface area contributed by atoms with E-state index in [1.807, 2.05) is 12.1 Å². The SMILES string of the molecule is O=C1CCC(NC(=O)c2cccc3cccnc23)C(=O)N1. The van der Waals surface area contributed by atoms with Crippen LogP contribution < -0.4 is 10.6 Å². The van der Waals surface area contributed by atoms with E-state index < -0.39 is 11.9 Å². The summed E-state index contributed by atoms with van der Waals surface area (Å²) in [7, 11) is 0. The minimum Gasteiger partial charge on any atom is -0.340 e. The number of hydrogen-bond donors (Lipinski definition) is 2. The summed E-state index contributed by atoms with van der Waals surface area (Å²) in [6.07, 6.45) is 2.16. The maximum absolute atomic E-state index is 12.3. The highest BCUT2D eigenvalue weighted by Gasteiger charge is 2.28. The molecule has 0 radical (unpaired) electrons. The van der Waals surface area contributed by atoms with E-state index >= 15 is 0 Å². The molecule has 1 aromatic carbocycles. The molecule has 3 rings (SSSR count). The molecule has 1 aromatic heterocycles. The normalized spacial score (nSPS) is 18.4. The van der Waals surface area contributed by atoms with E-state index in [-0.39, 0.29) is 18.2 Å². The second-order valence-electron chi connectivity index (χ2n) is 4.86. The first-order valence-corrected chi connectivity index (χ1v) is 6.63. The first-order chi connectivity index (χ1) is 10.1. The third-order valence-corrected chi connectivity index (χ3v) is 3.42. The van der Waals surface area contributed by atoms with E-state index in [4.69, 9.17) is 0 Å². The minimum absolute atomic E-state index is 0.227. The predicted molar refractivity (Wildman–Crippen MR) is 75.4 cm³/mol. The summed E-state index contributed by atoms with van der Waals surface area (Å²) < 4.78 is 0. The number of pyridine rings is 1. The van der Waals surface area contributed by atoms with E-state index in [2.05, 4.69) is 15.6 Å². The molecule has 2 heterocycles. The number of nitrogens with one attached hydrogen (secondary N) is 2. The number of para-hydroxylation sites is 1. The second-order valence-corrected chi connectivity index (χ2v) is 4.86. The second kappa shape index (κ2) is 5.32. The number of aromatic nitrogens is 1. The van der Waals surface area contributed by atoms with Gasteiger partial charge in [-0.1, -0.05) is 18.2 Å². The molecule has 3 amide bonds. The van der Waals surface area contributed by atoms with E-state index in [1.54, 1.807) is 24.4 Å². The summed E-state index contributed by atoms with van der Waals surface area (Å²) in [6.45, 7) is 0. The van der Waals surface area contributed by atoms with Gasteiger partial charge in [-0.2, -0.15) is 0 Å². The van der Waals surface area contributed by atoms with Crippen molar-refractivity contribution in [1.82, 2.24) is 15.6 Å². The van der Waals surface area contributed by atoms with Gasteiger partial charge in [-0.15, -0.1) is 0 Å². The lowest BCUT2D eigenvalue weighted by molar-refractivity contribution is -0.134. The third-order valence-electron chi connectivity index (χ3n) is 3.42. The highest BCUT2D eigenvalue weighted by Crippen LogP contribution is 2.16. The van der Waals surface area contributed by atoms with Gasteiger partial charge < -0.3 is 5.32 Å². The van der Waals surface area contributed by atoms with Crippen LogP contribution in [0.25, 0.3) is 10.9 Å². The Labute approximate surface area is 120 Å². The van der Waals surface area contributed by atoms with E-state index in [9.17, 15) is 14.4 Å². The van der Waals surface area contributed by atoms with Gasteiger partial charge >= 0.3 is 0 Å². The lowest BCUT2D eigenvalue weighted by Gasteiger charge is -2.21. The number of nitrogens with zero attached hydrogens (tertiary/aromatic N) is 1. The fourth-order valence-corrected chi connectivity index (χ4v) is 2.35. The molecule has 6 nitrogen and oxygen atoms in total. The molecular weight excluding hydrogens is 270 g/mol. The Morgan fingerprint density at radius 2 is 2.05 bits per heavy atom. The summed E-state index contributed by atoms with van der Waals surface area (Å²) in [5, 5.41) is 5.72. The fraction of sp³-hybridized carbons (Fsp3) is 0.200. The Bertz CT molecular complexity index is 737. The van der Waals surface area contributed by atoms with Crippen molar-refractivity contribution in [2.45, 2.75) is 18.9 Å². The molecule has 1 unspecified atom stereocenters. The van der Waals surface area contributed by atoms with Crippen LogP contribution in [0.4, 0.5) is 0 Å². The zero-order valence-corrected chi connectivity index (χ0v) is 11.1. The van der Waals surface area contributed by atoms with Crippen molar-refractivity contribution in [3.8, 4) is 0 Å². The smallest absolute Gasteiger partial charge is 0.254 e. The Kier molecular flexibility index (Phi) is 3.35. The summed E-state index contributed by atoms with van der Waals surface area (Å²) >= 11 is 0. The molecule has 1 atom stereocenters. The van der Waals surface area contributed by atoms with Crippen LogP contribution in [-0.2, 0) is 9.59 Å². The average Bonchev–Trinajstić information content (AvgIpc) is 2.49. The molecule has 0 aliphatic carbocycles. The molecule has 106 valence electrons. The van der Waals surface area contributed by atoms with Gasteiger partial charge in [0.15, 0.2) is 0 Å². The predicted octanol–water partition coefficient (Wildman–Crippen LogP) is 0.770. The molecule has 2 N–H and O–H groups in total. The van der Waals surface area contributed by atoms with Gasteiger partial charge in [0, 0.05) is 18.0 Å². The molecule has 1 aliphatic heterocycles. The standard InChI is InChI=1S/C15H13N3O3/c19-12-7-6-11(15(21)18-12)17-14(20)10-5-1-3-9-4-2-8-16-13(9)10/h1-5,8,11H,6-7H2,(H,17,20)(H,18,19,21). The number of imide groups is 1. The first-order valence-electron chi connectivity index (χ1n) is 6.63. The number of benzene rings is 1. The van der Waals surface area contributed by atoms with Crippen LogP contribution in [0.15, 0.2) is 36.5 Å². The maximum atomic E-state index is 12.3. The third kappa shape index (κ3) is 2.60. The van der Waals surface area contributed by atoms with Crippen LogP contribution in [-0.4, -0.2) is 28.7 Å². The monoisotopic (exact) mass is 283 g/mol. The van der Waals surface area contributed by atoms with Crippen molar-refractivity contribution < 1.29 is 14.4 Å². The lowest BCUT2D eigenvalue weighted by atomic mass is 10.0. The highest BCUT2D eigenvalue weighted by atomic mass is 16.2. The van der Waals surface area contributed by atoms with Crippen LogP contribution in [0.2, 0.25) is 0 Å². The van der Waals surface area contributed by atoms with Gasteiger partial charge in [-0.25, -0.2) is 0 Å². The van der Waals surface area contributed by atoms with Crippen molar-refractivity contribution in [1.29, 1.82) is 0 Å². The number of piperidine rings is 1. The van der Waals surface area contributed by atoms with E-state index in [0.29, 0.717) is 17.5 Å². The molecule has 0 bridgehead atoms. The molecule has 1 saturated heterocycles. The molecule has 1 aliphatic rings. The van der Waals surface area contributed by atoms with Crippen LogP contribution in [0.5, 0.6) is 0 Å². The fourth-order valence-electron chi connectivity index (χ4n) is 2.35. The highest BCUT2D eigenvalue weighted by molar-refractivity contribution is 6.08. The lowest BCUT2D eigenvalue weighted by Crippen LogP contribution is -2.52. The van der Waals surface area contributed by atoms with Crippen LogP contribution in [0.3, 0.4) is 0 Å². The summed E-state index contributed by atoms with van der Waals surface area (Å²) in [5.41, 5.74) is 1.00. The van der Waals surface area contributed by atoms with Crippen molar-refractivity contribution in [3.05, 3.63) is 42.1 Å². The van der Waals surface area contributed by atoms with Crippen LogP contribution in [0, 0.1) is 0 Å². The topological polar surface area (TPSA) is 88.2 Å². The van der Waals surface area contributed by atoms with Crippen molar-refractivity contribution in [3.63, 3.8) is 0 Å². The Balaban J connectivity index is 1.84. The number of rotatable bonds is 2. The van der Waals surface area contributed by atoms with Gasteiger partial charge in [-0.3, -0.25) is 24.7 Å². The molecule has 6 heteroatoms. The maximum Gasteiger partial charge on any atom is 0.254 e. The molecule has 21 heavy (non-hydrogen) atoms. The van der Waals surface area contributed by atoms with Crippen molar-refractivity contribution >= 4 is 28.6 Å². The average molecular weight is 283 g/mol. The van der Waals surface area contributed by atoms with Gasteiger partial charge in [0.05, 0.1) is 11.1 Å². The van der Waals surface area contributed by atoms with Crippen LogP contribution >= 0.6 is 0 Å². The minimum atomic E-state index is -0.686. The molecule has 1 fully saturated rings. The largest absolute Gasteiger partial charge is 0.340 e. The van der Waals surface area contributed by atoms with Crippen molar-refractivity contribution in [2.75, 3.05) is 0 Å². The van der Waals surface area contributed by atoms with Crippen molar-refractivity contribution in [2.24, 2.45) is 0 Å². The first kappa shape index (κ1) is 13.2. The summed E-state index contributed by atoms with van der Waals surface area (Å²) in [4.78, 5) is 39.3. The zero-order valence-electron chi connectivity index (χ0n) is 11.1. The molecular formula is C15H13N3O3. The summed E-state index contributed by atoms with van der Waals surface area (Å²) in [5.74, 6) is -1.14. The number of amides is 3. The molecule has 0 saturated carbocycles. The number of fused-ring (bicyclic) bond motifs is 1. The Morgan fingerprint density at radius 1 is 1.24 bits per heavy atom. The zero-order chi connectivity index (χ0) is 14.8. The molecule has 2 aromatic rings. The summed E-state index contributed by atoms with van der Waals surface area (Å²) in [6, 6.07) is 8.27. The van der Waals surface area contributed by atoms with E-state index in [1.165, 1.54) is 0 Å². The van der Waals surface area contributed by atoms with Crippen LogP contribution in [0.1, 0.15) is 23.2 Å². The Morgan fingerprint density at radius 3 is 2.86 bits per heavy atom. The van der Waals surface area contributed by atoms with Gasteiger partial charge in [-0.05, 0) is 18.6 Å². The van der Waals surface area contributed by atoms with E-state index in [0.717, 1.165) is 5.39 Å². The number of carbonyl (C=O) groups is 3. The number of carbonyl (C=O) groups excluding carboxylic acids is 3. The van der Waals surface area contributed by atoms with Gasteiger partial charge in [0.2, 0.25) is 11.8 Å². The molecule has 0 spiro atoms. The number of hydrogen-bond acceptors (Lipinski definition) is 4. The quantitative estimate of drug-likeness (QED) is 0.797.